The summed E-state index contributed by atoms with van der Waals surface area (Å²) in [5, 5.41) is 22.3. The summed E-state index contributed by atoms with van der Waals surface area (Å²) in [5.41, 5.74) is 0. The van der Waals surface area contributed by atoms with Gasteiger partial charge in [0.2, 0.25) is 5.91 Å². The van der Waals surface area contributed by atoms with Crippen molar-refractivity contribution in [2.24, 2.45) is 0 Å². The van der Waals surface area contributed by atoms with E-state index in [2.05, 4.69) is 31.3 Å². The van der Waals surface area contributed by atoms with Crippen molar-refractivity contribution < 1.29 is 15.0 Å². The molecule has 0 heterocycles. The molecular weight excluding hydrogens is 350 g/mol. The van der Waals surface area contributed by atoms with Crippen LogP contribution in [-0.2, 0) is 4.79 Å². The largest absolute Gasteiger partial charge is 0.394 e. The van der Waals surface area contributed by atoms with Gasteiger partial charge in [-0.3, -0.25) is 4.79 Å². The lowest BCUT2D eigenvalue weighted by molar-refractivity contribution is -0.123. The summed E-state index contributed by atoms with van der Waals surface area (Å²) in [6.07, 6.45) is 22.6. The molecule has 0 aromatic heterocycles. The van der Waals surface area contributed by atoms with Crippen LogP contribution in [0.3, 0.4) is 0 Å². The Bertz CT molecular complexity index is 407. The molecule has 0 radical (unpaired) electrons. The summed E-state index contributed by atoms with van der Waals surface area (Å²) in [6, 6.07) is -0.616. The van der Waals surface area contributed by atoms with Gasteiger partial charge in [0, 0.05) is 6.42 Å². The molecule has 0 rings (SSSR count). The van der Waals surface area contributed by atoms with E-state index < -0.39 is 12.1 Å². The molecule has 4 nitrogen and oxygen atoms in total. The first-order valence-electron chi connectivity index (χ1n) is 11.6. The summed E-state index contributed by atoms with van der Waals surface area (Å²) in [4.78, 5) is 12.0. The van der Waals surface area contributed by atoms with Gasteiger partial charge in [-0.05, 0) is 38.5 Å². The van der Waals surface area contributed by atoms with Crippen LogP contribution in [0, 0.1) is 0 Å². The number of aliphatic hydroxyl groups excluding tert-OH is 2. The predicted octanol–water partition coefficient (Wildman–Crippen LogP) is 5.44. The van der Waals surface area contributed by atoms with Gasteiger partial charge < -0.3 is 15.5 Å². The van der Waals surface area contributed by atoms with E-state index in [4.69, 9.17) is 0 Å². The van der Waals surface area contributed by atoms with Gasteiger partial charge in [-0.15, -0.1) is 0 Å². The zero-order valence-electron chi connectivity index (χ0n) is 18.4. The number of hydrogen-bond donors (Lipinski definition) is 3. The molecule has 2 atom stereocenters. The zero-order valence-corrected chi connectivity index (χ0v) is 18.4. The van der Waals surface area contributed by atoms with Gasteiger partial charge in [0.05, 0.1) is 18.8 Å². The summed E-state index contributed by atoms with van der Waals surface area (Å²) in [5.74, 6) is -0.0867. The van der Waals surface area contributed by atoms with Crippen molar-refractivity contribution in [2.45, 2.75) is 116 Å². The molecule has 0 fully saturated rings. The van der Waals surface area contributed by atoms with Crippen LogP contribution >= 0.6 is 0 Å². The normalized spacial score (nSPS) is 14.0. The lowest BCUT2D eigenvalue weighted by atomic mass is 10.1. The quantitative estimate of drug-likeness (QED) is 0.201. The topological polar surface area (TPSA) is 69.6 Å². The van der Waals surface area contributed by atoms with E-state index in [9.17, 15) is 15.0 Å². The number of carbonyl (C=O) groups excluding carboxylic acids is 1. The minimum absolute atomic E-state index is 0.0867. The van der Waals surface area contributed by atoms with Crippen LogP contribution in [0.2, 0.25) is 0 Å². The average molecular weight is 396 g/mol. The molecule has 28 heavy (non-hydrogen) atoms. The van der Waals surface area contributed by atoms with Crippen molar-refractivity contribution in [3.63, 3.8) is 0 Å². The van der Waals surface area contributed by atoms with Crippen LogP contribution in [-0.4, -0.2) is 34.9 Å². The molecule has 0 saturated carbocycles. The number of allylic oxidation sites excluding steroid dienone is 3. The smallest absolute Gasteiger partial charge is 0.220 e. The van der Waals surface area contributed by atoms with E-state index in [0.717, 1.165) is 38.5 Å². The number of aliphatic hydroxyl groups is 2. The molecule has 4 heteroatoms. The minimum Gasteiger partial charge on any atom is -0.394 e. The number of carbonyl (C=O) groups is 1. The highest BCUT2D eigenvalue weighted by molar-refractivity contribution is 5.76. The predicted molar refractivity (Wildman–Crippen MR) is 119 cm³/mol. The van der Waals surface area contributed by atoms with E-state index in [1.807, 2.05) is 6.08 Å². The average Bonchev–Trinajstić information content (AvgIpc) is 2.69. The monoisotopic (exact) mass is 395 g/mol. The number of unbranched alkanes of at least 4 members (excludes halogenated alkanes) is 10. The van der Waals surface area contributed by atoms with Crippen molar-refractivity contribution in [3.8, 4) is 0 Å². The molecule has 0 aliphatic rings. The van der Waals surface area contributed by atoms with E-state index in [0.29, 0.717) is 6.42 Å². The van der Waals surface area contributed by atoms with Crippen LogP contribution in [0.5, 0.6) is 0 Å². The highest BCUT2D eigenvalue weighted by Gasteiger charge is 2.17. The first kappa shape index (κ1) is 26.9. The lowest BCUT2D eigenvalue weighted by Gasteiger charge is -2.19. The standard InChI is InChI=1S/C24H45NO3/c1-3-5-7-9-10-11-12-13-14-16-18-20-24(28)25-22(21-26)23(27)19-17-15-8-6-4-2/h9-10,17,19,22-23,26-27H,3-8,11-16,18,20-21H2,1-2H3,(H,25,28)/b10-9-,19-17+. The molecular formula is C24H45NO3. The Balaban J connectivity index is 3.75. The fraction of sp³-hybridized carbons (Fsp3) is 0.792. The molecule has 0 spiro atoms. The molecule has 2 unspecified atom stereocenters. The van der Waals surface area contributed by atoms with Crippen LogP contribution in [0.4, 0.5) is 0 Å². The highest BCUT2D eigenvalue weighted by Crippen LogP contribution is 2.09. The highest BCUT2D eigenvalue weighted by atomic mass is 16.3. The molecule has 164 valence electrons. The first-order valence-corrected chi connectivity index (χ1v) is 11.6. The zero-order chi connectivity index (χ0) is 20.9. The third-order valence-electron chi connectivity index (χ3n) is 4.93. The van der Waals surface area contributed by atoms with Crippen LogP contribution < -0.4 is 5.32 Å². The van der Waals surface area contributed by atoms with Crippen LogP contribution in [0.15, 0.2) is 24.3 Å². The van der Waals surface area contributed by atoms with Crippen molar-refractivity contribution in [2.75, 3.05) is 6.61 Å². The fourth-order valence-corrected chi connectivity index (χ4v) is 3.04. The summed E-state index contributed by atoms with van der Waals surface area (Å²) < 4.78 is 0. The molecule has 0 saturated heterocycles. The molecule has 1 amide bonds. The number of amides is 1. The molecule has 0 aromatic rings. The molecule has 0 bridgehead atoms. The Morgan fingerprint density at radius 1 is 0.821 bits per heavy atom. The van der Waals surface area contributed by atoms with E-state index >= 15 is 0 Å². The first-order chi connectivity index (χ1) is 13.7. The Kier molecular flexibility index (Phi) is 19.8. The van der Waals surface area contributed by atoms with Gasteiger partial charge in [-0.2, -0.15) is 0 Å². The van der Waals surface area contributed by atoms with Crippen molar-refractivity contribution in [1.29, 1.82) is 0 Å². The van der Waals surface area contributed by atoms with Gasteiger partial charge in [-0.1, -0.05) is 83.1 Å². The Morgan fingerprint density at radius 3 is 2.07 bits per heavy atom. The van der Waals surface area contributed by atoms with Gasteiger partial charge in [0.15, 0.2) is 0 Å². The number of hydrogen-bond acceptors (Lipinski definition) is 3. The van der Waals surface area contributed by atoms with Crippen molar-refractivity contribution >= 4 is 5.91 Å². The fourth-order valence-electron chi connectivity index (χ4n) is 3.04. The SMILES string of the molecule is CCCC/C=C\CCCCCCCC(=O)NC(CO)C(O)/C=C/CCCCC. The van der Waals surface area contributed by atoms with E-state index in [1.54, 1.807) is 6.08 Å². The maximum absolute atomic E-state index is 12.0. The Hall–Kier alpha value is -1.13. The summed E-state index contributed by atoms with van der Waals surface area (Å²) >= 11 is 0. The summed E-state index contributed by atoms with van der Waals surface area (Å²) in [6.45, 7) is 4.12. The summed E-state index contributed by atoms with van der Waals surface area (Å²) in [7, 11) is 0. The molecule has 0 aliphatic heterocycles. The van der Waals surface area contributed by atoms with Crippen molar-refractivity contribution in [1.82, 2.24) is 5.32 Å². The number of nitrogens with one attached hydrogen (secondary N) is 1. The van der Waals surface area contributed by atoms with E-state index in [-0.39, 0.29) is 12.5 Å². The van der Waals surface area contributed by atoms with Crippen molar-refractivity contribution in [3.05, 3.63) is 24.3 Å². The third kappa shape index (κ3) is 17.0. The molecule has 3 N–H and O–H groups in total. The third-order valence-corrected chi connectivity index (χ3v) is 4.93. The van der Waals surface area contributed by atoms with Gasteiger partial charge in [-0.25, -0.2) is 0 Å². The van der Waals surface area contributed by atoms with Crippen LogP contribution in [0.1, 0.15) is 104 Å². The minimum atomic E-state index is -0.832. The molecule has 0 aromatic carbocycles. The Morgan fingerprint density at radius 2 is 1.39 bits per heavy atom. The van der Waals surface area contributed by atoms with Gasteiger partial charge in [0.1, 0.15) is 0 Å². The second-order valence-electron chi connectivity index (χ2n) is 7.69. The maximum Gasteiger partial charge on any atom is 0.220 e. The second kappa shape index (κ2) is 20.6. The van der Waals surface area contributed by atoms with Gasteiger partial charge in [0.25, 0.3) is 0 Å². The van der Waals surface area contributed by atoms with Gasteiger partial charge >= 0.3 is 0 Å². The van der Waals surface area contributed by atoms with Crippen LogP contribution in [0.25, 0.3) is 0 Å². The second-order valence-corrected chi connectivity index (χ2v) is 7.69. The lowest BCUT2D eigenvalue weighted by Crippen LogP contribution is -2.45. The Labute approximate surface area is 173 Å². The maximum atomic E-state index is 12.0. The van der Waals surface area contributed by atoms with E-state index in [1.165, 1.54) is 44.9 Å². The molecule has 0 aliphatic carbocycles. The number of rotatable bonds is 19.